The lowest BCUT2D eigenvalue weighted by Crippen LogP contribution is -2.07. The van der Waals surface area contributed by atoms with Gasteiger partial charge in [-0.15, -0.1) is 0 Å². The van der Waals surface area contributed by atoms with E-state index in [-0.39, 0.29) is 23.5 Å². The highest BCUT2D eigenvalue weighted by Crippen LogP contribution is 2.22. The second-order valence-electron chi connectivity index (χ2n) is 3.97. The molecule has 0 bridgehead atoms. The van der Waals surface area contributed by atoms with Gasteiger partial charge in [0.15, 0.2) is 5.78 Å². The molecule has 2 aromatic rings. The zero-order valence-corrected chi connectivity index (χ0v) is 10.6. The summed E-state index contributed by atoms with van der Waals surface area (Å²) in [5, 5.41) is 11.4. The molecule has 0 amide bonds. The molecular formula is C14H10ClNO3. The Morgan fingerprint density at radius 2 is 1.74 bits per heavy atom. The lowest BCUT2D eigenvalue weighted by molar-refractivity contribution is -0.385. The summed E-state index contributed by atoms with van der Waals surface area (Å²) in [4.78, 5) is 22.4. The molecular weight excluding hydrogens is 266 g/mol. The lowest BCUT2D eigenvalue weighted by Gasteiger charge is -2.04. The third-order valence-corrected chi connectivity index (χ3v) is 3.08. The molecule has 0 aliphatic carbocycles. The van der Waals surface area contributed by atoms with Crippen molar-refractivity contribution in [3.8, 4) is 0 Å². The summed E-state index contributed by atoms with van der Waals surface area (Å²) in [7, 11) is 0. The van der Waals surface area contributed by atoms with Crippen LogP contribution in [0.1, 0.15) is 15.9 Å². The Morgan fingerprint density at radius 3 is 2.42 bits per heavy atom. The molecule has 0 aromatic heterocycles. The van der Waals surface area contributed by atoms with Gasteiger partial charge in [-0.2, -0.15) is 0 Å². The van der Waals surface area contributed by atoms with Crippen LogP contribution in [-0.4, -0.2) is 10.7 Å². The fourth-order valence-corrected chi connectivity index (χ4v) is 1.98. The van der Waals surface area contributed by atoms with Crippen molar-refractivity contribution < 1.29 is 9.72 Å². The van der Waals surface area contributed by atoms with Gasteiger partial charge >= 0.3 is 0 Å². The molecule has 0 saturated heterocycles. The van der Waals surface area contributed by atoms with E-state index < -0.39 is 4.92 Å². The Hall–Kier alpha value is -2.20. The van der Waals surface area contributed by atoms with Gasteiger partial charge in [-0.3, -0.25) is 14.9 Å². The zero-order chi connectivity index (χ0) is 13.8. The van der Waals surface area contributed by atoms with Crippen LogP contribution in [0.15, 0.2) is 48.5 Å². The fraction of sp³-hybridized carbons (Fsp3) is 0.0714. The Kier molecular flexibility index (Phi) is 3.92. The quantitative estimate of drug-likeness (QED) is 0.486. The minimum atomic E-state index is -0.556. The summed E-state index contributed by atoms with van der Waals surface area (Å²) >= 11 is 5.97. The van der Waals surface area contributed by atoms with Crippen LogP contribution in [-0.2, 0) is 6.42 Å². The van der Waals surface area contributed by atoms with E-state index in [0.717, 1.165) is 0 Å². The Labute approximate surface area is 114 Å². The molecule has 19 heavy (non-hydrogen) atoms. The number of nitro benzene ring substituents is 1. The maximum atomic E-state index is 12.1. The van der Waals surface area contributed by atoms with Crippen LogP contribution in [0.2, 0.25) is 5.02 Å². The van der Waals surface area contributed by atoms with Gasteiger partial charge in [0.2, 0.25) is 0 Å². The number of para-hydroxylation sites is 1. The molecule has 0 aliphatic rings. The van der Waals surface area contributed by atoms with E-state index >= 15 is 0 Å². The number of Topliss-reactive ketones (excluding diaryl/α,β-unsaturated/α-hetero) is 1. The van der Waals surface area contributed by atoms with Crippen molar-refractivity contribution in [1.29, 1.82) is 0 Å². The second kappa shape index (κ2) is 5.63. The van der Waals surface area contributed by atoms with E-state index in [1.807, 2.05) is 0 Å². The van der Waals surface area contributed by atoms with Gasteiger partial charge in [0.25, 0.3) is 5.69 Å². The molecule has 0 heterocycles. The first-order valence-corrected chi connectivity index (χ1v) is 5.97. The molecule has 0 atom stereocenters. The lowest BCUT2D eigenvalue weighted by atomic mass is 10.0. The molecule has 2 aromatic carbocycles. The van der Waals surface area contributed by atoms with Gasteiger partial charge in [-0.05, 0) is 17.7 Å². The summed E-state index contributed by atoms with van der Waals surface area (Å²) in [6.07, 6.45) is 0.0462. The van der Waals surface area contributed by atoms with E-state index in [2.05, 4.69) is 0 Å². The summed E-state index contributed by atoms with van der Waals surface area (Å²) in [6, 6.07) is 12.9. The molecule has 2 rings (SSSR count). The number of hydrogen-bond acceptors (Lipinski definition) is 3. The van der Waals surface area contributed by atoms with Crippen LogP contribution in [0.5, 0.6) is 0 Å². The predicted molar refractivity (Wildman–Crippen MR) is 72.6 cm³/mol. The Balaban J connectivity index is 2.31. The fourth-order valence-electron chi connectivity index (χ4n) is 1.78. The van der Waals surface area contributed by atoms with Gasteiger partial charge < -0.3 is 0 Å². The Bertz CT molecular complexity index is 640. The van der Waals surface area contributed by atoms with Gasteiger partial charge in [-0.1, -0.05) is 41.9 Å². The van der Waals surface area contributed by atoms with Crippen molar-refractivity contribution in [2.45, 2.75) is 6.42 Å². The topological polar surface area (TPSA) is 60.2 Å². The molecule has 4 nitrogen and oxygen atoms in total. The van der Waals surface area contributed by atoms with Crippen LogP contribution in [0.4, 0.5) is 5.69 Å². The van der Waals surface area contributed by atoms with Crippen molar-refractivity contribution in [3.05, 3.63) is 74.8 Å². The number of nitro groups is 1. The summed E-state index contributed by atoms with van der Waals surface area (Å²) in [5.74, 6) is -0.319. The maximum absolute atomic E-state index is 12.1. The van der Waals surface area contributed by atoms with Crippen molar-refractivity contribution in [1.82, 2.24) is 0 Å². The molecule has 0 spiro atoms. The number of halogens is 1. The third-order valence-electron chi connectivity index (χ3n) is 2.71. The van der Waals surface area contributed by atoms with Crippen LogP contribution in [0.3, 0.4) is 0 Å². The number of nitrogens with zero attached hydrogens (tertiary/aromatic N) is 1. The molecule has 0 fully saturated rings. The molecule has 96 valence electrons. The van der Waals surface area contributed by atoms with Crippen molar-refractivity contribution >= 4 is 23.1 Å². The Morgan fingerprint density at radius 1 is 1.11 bits per heavy atom. The van der Waals surface area contributed by atoms with Gasteiger partial charge in [0.1, 0.15) is 0 Å². The average molecular weight is 276 g/mol. The molecule has 0 N–H and O–H groups in total. The summed E-state index contributed by atoms with van der Waals surface area (Å²) < 4.78 is 0. The first kappa shape index (κ1) is 13.2. The molecule has 0 radical (unpaired) electrons. The summed E-state index contributed by atoms with van der Waals surface area (Å²) in [5.41, 5.74) is 0.583. The van der Waals surface area contributed by atoms with Crippen LogP contribution < -0.4 is 0 Å². The molecule has 0 saturated carbocycles. The van der Waals surface area contributed by atoms with E-state index in [1.54, 1.807) is 30.3 Å². The monoisotopic (exact) mass is 275 g/mol. The van der Waals surface area contributed by atoms with Crippen molar-refractivity contribution in [2.24, 2.45) is 0 Å². The highest BCUT2D eigenvalue weighted by atomic mass is 35.5. The maximum Gasteiger partial charge on any atom is 0.280 e. The zero-order valence-electron chi connectivity index (χ0n) is 9.88. The number of rotatable bonds is 4. The van der Waals surface area contributed by atoms with E-state index in [1.165, 1.54) is 18.2 Å². The largest absolute Gasteiger partial charge is 0.294 e. The molecule has 0 unspecified atom stereocenters. The standard InChI is InChI=1S/C14H10ClNO3/c15-12-7-3-1-5-10(12)9-14(17)11-6-2-4-8-13(11)16(18)19/h1-8H,9H2. The number of benzene rings is 2. The number of ketones is 1. The van der Waals surface area contributed by atoms with Gasteiger partial charge in [0, 0.05) is 17.5 Å². The average Bonchev–Trinajstić information content (AvgIpc) is 2.41. The van der Waals surface area contributed by atoms with Crippen molar-refractivity contribution in [2.75, 3.05) is 0 Å². The van der Waals surface area contributed by atoms with Gasteiger partial charge in [-0.25, -0.2) is 0 Å². The van der Waals surface area contributed by atoms with Crippen LogP contribution in [0.25, 0.3) is 0 Å². The number of carbonyl (C=O) groups excluding carboxylic acids is 1. The predicted octanol–water partition coefficient (Wildman–Crippen LogP) is 3.67. The first-order valence-electron chi connectivity index (χ1n) is 5.59. The SMILES string of the molecule is O=C(Cc1ccccc1Cl)c1ccccc1[N+](=O)[O-]. The normalized spacial score (nSPS) is 10.2. The first-order chi connectivity index (χ1) is 9.09. The van der Waals surface area contributed by atoms with Crippen LogP contribution >= 0.6 is 11.6 Å². The molecule has 5 heteroatoms. The summed E-state index contributed by atoms with van der Waals surface area (Å²) in [6.45, 7) is 0. The van der Waals surface area contributed by atoms with Crippen molar-refractivity contribution in [3.63, 3.8) is 0 Å². The number of carbonyl (C=O) groups is 1. The molecule has 0 aliphatic heterocycles. The van der Waals surface area contributed by atoms with E-state index in [0.29, 0.717) is 10.6 Å². The third kappa shape index (κ3) is 2.98. The highest BCUT2D eigenvalue weighted by molar-refractivity contribution is 6.31. The van der Waals surface area contributed by atoms with Gasteiger partial charge in [0.05, 0.1) is 10.5 Å². The highest BCUT2D eigenvalue weighted by Gasteiger charge is 2.19. The number of hydrogen-bond donors (Lipinski definition) is 0. The van der Waals surface area contributed by atoms with E-state index in [4.69, 9.17) is 11.6 Å². The van der Waals surface area contributed by atoms with Crippen LogP contribution in [0, 0.1) is 10.1 Å². The van der Waals surface area contributed by atoms with E-state index in [9.17, 15) is 14.9 Å². The minimum Gasteiger partial charge on any atom is -0.294 e. The second-order valence-corrected chi connectivity index (χ2v) is 4.37. The smallest absolute Gasteiger partial charge is 0.280 e. The minimum absolute atomic E-state index is 0.0462.